The number of hydrogen-bond acceptors (Lipinski definition) is 5. The van der Waals surface area contributed by atoms with Crippen LogP contribution in [0.25, 0.3) is 11.4 Å². The van der Waals surface area contributed by atoms with Crippen molar-refractivity contribution in [3.63, 3.8) is 0 Å². The Balaban J connectivity index is 1.53. The molecule has 1 aromatic heterocycles. The molecule has 0 bridgehead atoms. The van der Waals surface area contributed by atoms with Gasteiger partial charge in [-0.15, -0.1) is 0 Å². The van der Waals surface area contributed by atoms with Crippen molar-refractivity contribution in [3.05, 3.63) is 66.4 Å². The van der Waals surface area contributed by atoms with Gasteiger partial charge < -0.3 is 14.8 Å². The summed E-state index contributed by atoms with van der Waals surface area (Å²) in [4.78, 5) is 21.0. The monoisotopic (exact) mass is 361 g/mol. The average molecular weight is 361 g/mol. The average Bonchev–Trinajstić information content (AvgIpc) is 3.53. The molecule has 2 aromatic carbocycles. The topological polar surface area (TPSA) is 73.3 Å². The molecule has 6 heteroatoms. The van der Waals surface area contributed by atoms with E-state index < -0.39 is 0 Å². The number of amides is 1. The number of carbonyl (C=O) groups is 1. The minimum absolute atomic E-state index is 0.0648. The van der Waals surface area contributed by atoms with Gasteiger partial charge in [0.2, 0.25) is 5.88 Å². The van der Waals surface area contributed by atoms with Crippen LogP contribution in [0.5, 0.6) is 17.4 Å². The molecular weight excluding hydrogens is 342 g/mol. The molecule has 6 nitrogen and oxygen atoms in total. The molecule has 0 radical (unpaired) electrons. The Morgan fingerprint density at radius 3 is 2.59 bits per heavy atom. The van der Waals surface area contributed by atoms with Gasteiger partial charge in [0, 0.05) is 29.4 Å². The number of nitrogens with zero attached hydrogens (tertiary/aromatic N) is 2. The molecule has 0 atom stereocenters. The normalized spacial score (nSPS) is 13.1. The van der Waals surface area contributed by atoms with Crippen molar-refractivity contribution in [2.24, 2.45) is 0 Å². The van der Waals surface area contributed by atoms with Gasteiger partial charge in [-0.25, -0.2) is 4.98 Å². The summed E-state index contributed by atoms with van der Waals surface area (Å²) in [5, 5.41) is 2.99. The molecule has 0 spiro atoms. The van der Waals surface area contributed by atoms with E-state index in [1.165, 1.54) is 0 Å². The van der Waals surface area contributed by atoms with E-state index >= 15 is 0 Å². The van der Waals surface area contributed by atoms with Gasteiger partial charge >= 0.3 is 0 Å². The summed E-state index contributed by atoms with van der Waals surface area (Å²) in [6.07, 6.45) is 3.75. The lowest BCUT2D eigenvalue weighted by Crippen LogP contribution is -2.25. The molecule has 1 aliphatic carbocycles. The van der Waals surface area contributed by atoms with E-state index in [9.17, 15) is 4.79 Å². The number of hydrogen-bond donors (Lipinski definition) is 1. The van der Waals surface area contributed by atoms with Gasteiger partial charge in [-0.3, -0.25) is 4.79 Å². The van der Waals surface area contributed by atoms with Crippen LogP contribution in [0.15, 0.2) is 60.8 Å². The molecule has 0 unspecified atom stereocenters. The molecule has 0 saturated heterocycles. The smallest absolute Gasteiger partial charge is 0.251 e. The maximum absolute atomic E-state index is 12.3. The van der Waals surface area contributed by atoms with Crippen LogP contribution >= 0.6 is 0 Å². The lowest BCUT2D eigenvalue weighted by atomic mass is 10.1. The first-order chi connectivity index (χ1) is 13.2. The number of methoxy groups -OCH3 is 1. The number of ether oxygens (including phenoxy) is 2. The van der Waals surface area contributed by atoms with E-state index in [0.29, 0.717) is 29.1 Å². The summed E-state index contributed by atoms with van der Waals surface area (Å²) in [6, 6.07) is 16.6. The highest BCUT2D eigenvalue weighted by atomic mass is 16.5. The van der Waals surface area contributed by atoms with Crippen molar-refractivity contribution in [2.45, 2.75) is 18.9 Å². The largest absolute Gasteiger partial charge is 0.497 e. The van der Waals surface area contributed by atoms with Gasteiger partial charge in [-0.2, -0.15) is 4.98 Å². The number of carbonyl (C=O) groups excluding carboxylic acids is 1. The molecule has 1 heterocycles. The van der Waals surface area contributed by atoms with Crippen molar-refractivity contribution < 1.29 is 14.3 Å². The van der Waals surface area contributed by atoms with Crippen LogP contribution in [0, 0.1) is 0 Å². The maximum Gasteiger partial charge on any atom is 0.251 e. The Morgan fingerprint density at radius 2 is 1.85 bits per heavy atom. The fourth-order valence-corrected chi connectivity index (χ4v) is 2.60. The van der Waals surface area contributed by atoms with E-state index in [-0.39, 0.29) is 5.91 Å². The molecule has 136 valence electrons. The molecule has 1 fully saturated rings. The fraction of sp³-hybridized carbons (Fsp3) is 0.190. The van der Waals surface area contributed by atoms with Gasteiger partial charge in [-0.05, 0) is 49.2 Å². The van der Waals surface area contributed by atoms with Crippen molar-refractivity contribution in [2.75, 3.05) is 7.11 Å². The van der Waals surface area contributed by atoms with Crippen LogP contribution in [0.4, 0.5) is 0 Å². The van der Waals surface area contributed by atoms with Crippen LogP contribution in [-0.2, 0) is 0 Å². The Kier molecular flexibility index (Phi) is 4.70. The van der Waals surface area contributed by atoms with Crippen molar-refractivity contribution in [1.82, 2.24) is 15.3 Å². The Bertz CT molecular complexity index is 953. The summed E-state index contributed by atoms with van der Waals surface area (Å²) < 4.78 is 10.9. The zero-order valence-electron chi connectivity index (χ0n) is 14.9. The first-order valence-electron chi connectivity index (χ1n) is 8.77. The first-order valence-corrected chi connectivity index (χ1v) is 8.77. The highest BCUT2D eigenvalue weighted by Gasteiger charge is 2.23. The molecule has 27 heavy (non-hydrogen) atoms. The second-order valence-electron chi connectivity index (χ2n) is 6.32. The molecule has 1 aliphatic rings. The molecule has 4 rings (SSSR count). The number of rotatable bonds is 6. The van der Waals surface area contributed by atoms with Gasteiger partial charge in [-0.1, -0.05) is 12.1 Å². The number of benzene rings is 2. The highest BCUT2D eigenvalue weighted by Crippen LogP contribution is 2.25. The molecule has 1 saturated carbocycles. The number of aromatic nitrogens is 2. The third-order valence-electron chi connectivity index (χ3n) is 4.21. The molecule has 1 amide bonds. The minimum Gasteiger partial charge on any atom is -0.497 e. The minimum atomic E-state index is -0.0648. The van der Waals surface area contributed by atoms with Crippen LogP contribution in [0.2, 0.25) is 0 Å². The zero-order chi connectivity index (χ0) is 18.6. The van der Waals surface area contributed by atoms with E-state index in [2.05, 4.69) is 15.3 Å². The van der Waals surface area contributed by atoms with E-state index in [1.807, 2.05) is 36.4 Å². The van der Waals surface area contributed by atoms with Gasteiger partial charge in [0.15, 0.2) is 5.82 Å². The zero-order valence-corrected chi connectivity index (χ0v) is 14.9. The molecule has 0 aliphatic heterocycles. The maximum atomic E-state index is 12.3. The Morgan fingerprint density at radius 1 is 1.07 bits per heavy atom. The van der Waals surface area contributed by atoms with Gasteiger partial charge in [0.1, 0.15) is 11.5 Å². The fourth-order valence-electron chi connectivity index (χ4n) is 2.60. The van der Waals surface area contributed by atoms with E-state index in [4.69, 9.17) is 9.47 Å². The van der Waals surface area contributed by atoms with E-state index in [0.717, 1.165) is 24.2 Å². The van der Waals surface area contributed by atoms with Crippen molar-refractivity contribution >= 4 is 5.91 Å². The second kappa shape index (κ2) is 7.45. The lowest BCUT2D eigenvalue weighted by molar-refractivity contribution is 0.0951. The predicted molar refractivity (Wildman–Crippen MR) is 101 cm³/mol. The van der Waals surface area contributed by atoms with E-state index in [1.54, 1.807) is 31.5 Å². The SMILES string of the molecule is COc1ccc(Oc2ccnc(-c3cccc(C(=O)NC4CC4)c3)n2)cc1. The summed E-state index contributed by atoms with van der Waals surface area (Å²) in [5.41, 5.74) is 1.36. The van der Waals surface area contributed by atoms with Gasteiger partial charge in [0.05, 0.1) is 7.11 Å². The van der Waals surface area contributed by atoms with Crippen LogP contribution in [0.1, 0.15) is 23.2 Å². The highest BCUT2D eigenvalue weighted by molar-refractivity contribution is 5.95. The second-order valence-corrected chi connectivity index (χ2v) is 6.32. The van der Waals surface area contributed by atoms with Crippen LogP contribution < -0.4 is 14.8 Å². The van der Waals surface area contributed by atoms with Crippen LogP contribution in [-0.4, -0.2) is 29.0 Å². The molecular formula is C21H19N3O3. The summed E-state index contributed by atoms with van der Waals surface area (Å²) in [7, 11) is 1.62. The summed E-state index contributed by atoms with van der Waals surface area (Å²) >= 11 is 0. The molecule has 3 aromatic rings. The Labute approximate surface area is 157 Å². The van der Waals surface area contributed by atoms with Crippen molar-refractivity contribution in [3.8, 4) is 28.8 Å². The predicted octanol–water partition coefficient (Wildman–Crippen LogP) is 3.84. The standard InChI is InChI=1S/C21H19N3O3/c1-26-17-7-9-18(10-8-17)27-19-11-12-22-20(24-19)14-3-2-4-15(13-14)21(25)23-16-5-6-16/h2-4,7-13,16H,5-6H2,1H3,(H,23,25). The quantitative estimate of drug-likeness (QED) is 0.722. The third kappa shape index (κ3) is 4.23. The van der Waals surface area contributed by atoms with Crippen molar-refractivity contribution in [1.29, 1.82) is 0 Å². The summed E-state index contributed by atoms with van der Waals surface area (Å²) in [6.45, 7) is 0. The first kappa shape index (κ1) is 17.0. The van der Waals surface area contributed by atoms with Gasteiger partial charge in [0.25, 0.3) is 5.91 Å². The Hall–Kier alpha value is -3.41. The lowest BCUT2D eigenvalue weighted by Gasteiger charge is -2.08. The third-order valence-corrected chi connectivity index (χ3v) is 4.21. The summed E-state index contributed by atoms with van der Waals surface area (Å²) in [5.74, 6) is 2.27. The molecule has 1 N–H and O–H groups in total. The number of nitrogens with one attached hydrogen (secondary N) is 1. The van der Waals surface area contributed by atoms with Crippen LogP contribution in [0.3, 0.4) is 0 Å².